The zero-order valence-corrected chi connectivity index (χ0v) is 22.6. The van der Waals surface area contributed by atoms with Gasteiger partial charge in [-0.2, -0.15) is 10.2 Å². The second-order valence-corrected chi connectivity index (χ2v) is 11.4. The monoisotopic (exact) mass is 499 g/mol. The minimum absolute atomic E-state index is 0.137. The molecule has 0 radical (unpaired) electrons. The highest BCUT2D eigenvalue weighted by Crippen LogP contribution is 2.24. The minimum atomic E-state index is -3.27. The first-order valence-corrected chi connectivity index (χ1v) is 14.1. The average Bonchev–Trinajstić information content (AvgIpc) is 2.84. The average molecular weight is 500 g/mol. The van der Waals surface area contributed by atoms with E-state index in [1.54, 1.807) is 24.3 Å². The van der Waals surface area contributed by atoms with Crippen LogP contribution in [0.3, 0.4) is 0 Å². The number of azo groups is 1. The zero-order valence-electron chi connectivity index (χ0n) is 21.7. The van der Waals surface area contributed by atoms with Crippen molar-refractivity contribution < 1.29 is 13.2 Å². The van der Waals surface area contributed by atoms with Gasteiger partial charge in [-0.3, -0.25) is 0 Å². The molecule has 35 heavy (non-hydrogen) atoms. The molecule has 0 fully saturated rings. The van der Waals surface area contributed by atoms with Crippen LogP contribution >= 0.6 is 0 Å². The summed E-state index contributed by atoms with van der Waals surface area (Å²) in [7, 11) is -1.17. The van der Waals surface area contributed by atoms with E-state index >= 15 is 0 Å². The number of unbranched alkanes of at least 4 members (excludes halogenated alkanes) is 3. The number of ether oxygens (including phenoxy) is 1. The number of hydrogen-bond acceptors (Lipinski definition) is 6. The third kappa shape index (κ3) is 10.7. The first kappa shape index (κ1) is 28.7. The normalized spacial score (nSPS) is 12.7. The van der Waals surface area contributed by atoms with E-state index in [1.165, 1.54) is 12.8 Å². The molecule has 0 aliphatic rings. The van der Waals surface area contributed by atoms with E-state index in [0.717, 1.165) is 49.4 Å². The molecule has 0 aliphatic heterocycles. The maximum absolute atomic E-state index is 12.5. The maximum atomic E-state index is 12.5. The molecule has 0 aromatic heterocycles. The van der Waals surface area contributed by atoms with Gasteiger partial charge in [0.05, 0.1) is 28.6 Å². The van der Waals surface area contributed by atoms with Crippen molar-refractivity contribution in [2.45, 2.75) is 57.8 Å². The molecular weight excluding hydrogens is 458 g/mol. The lowest BCUT2D eigenvalue weighted by Gasteiger charge is -2.19. The third-order valence-electron chi connectivity index (χ3n) is 5.85. The maximum Gasteiger partial charge on any atom is 0.178 e. The summed E-state index contributed by atoms with van der Waals surface area (Å²) in [6, 6.07) is 14.6. The SMILES string of the molecule is C=C(C)COCCCCCCN(C)c1ccc(N=Nc2ccc(S(=O)(=O)CC(C)CC)cc2)cc1. The summed E-state index contributed by atoms with van der Waals surface area (Å²) in [4.78, 5) is 2.58. The molecule has 192 valence electrons. The summed E-state index contributed by atoms with van der Waals surface area (Å²) in [5.74, 6) is 0.300. The van der Waals surface area contributed by atoms with Crippen LogP contribution in [0.25, 0.3) is 0 Å². The zero-order chi connectivity index (χ0) is 25.7. The molecule has 2 aromatic rings. The summed E-state index contributed by atoms with van der Waals surface area (Å²) in [5, 5.41) is 8.55. The molecule has 0 heterocycles. The van der Waals surface area contributed by atoms with E-state index in [1.807, 2.05) is 45.0 Å². The first-order chi connectivity index (χ1) is 16.7. The smallest absolute Gasteiger partial charge is 0.178 e. The van der Waals surface area contributed by atoms with E-state index in [0.29, 0.717) is 17.2 Å². The van der Waals surface area contributed by atoms with Crippen LogP contribution in [0.15, 0.2) is 75.8 Å². The minimum Gasteiger partial charge on any atom is -0.377 e. The van der Waals surface area contributed by atoms with Crippen molar-refractivity contribution in [3.8, 4) is 0 Å². The van der Waals surface area contributed by atoms with Gasteiger partial charge < -0.3 is 9.64 Å². The predicted molar refractivity (Wildman–Crippen MR) is 146 cm³/mol. The van der Waals surface area contributed by atoms with E-state index in [-0.39, 0.29) is 11.7 Å². The Kier molecular flexibility index (Phi) is 12.1. The van der Waals surface area contributed by atoms with Crippen molar-refractivity contribution in [1.29, 1.82) is 0 Å². The fourth-order valence-electron chi connectivity index (χ4n) is 3.48. The van der Waals surface area contributed by atoms with Gasteiger partial charge in [-0.05, 0) is 74.2 Å². The topological polar surface area (TPSA) is 71.3 Å². The van der Waals surface area contributed by atoms with Crippen LogP contribution in [0.4, 0.5) is 17.1 Å². The molecular formula is C28H41N3O3S. The van der Waals surface area contributed by atoms with Crippen LogP contribution in [0.5, 0.6) is 0 Å². The van der Waals surface area contributed by atoms with E-state index < -0.39 is 9.84 Å². The van der Waals surface area contributed by atoms with Crippen molar-refractivity contribution in [2.24, 2.45) is 16.1 Å². The van der Waals surface area contributed by atoms with Gasteiger partial charge in [0.25, 0.3) is 0 Å². The van der Waals surface area contributed by atoms with Gasteiger partial charge in [0.2, 0.25) is 0 Å². The molecule has 1 atom stereocenters. The van der Waals surface area contributed by atoms with Crippen LogP contribution in [-0.2, 0) is 14.6 Å². The Bertz CT molecular complexity index is 1030. The number of nitrogens with zero attached hydrogens (tertiary/aromatic N) is 3. The second-order valence-electron chi connectivity index (χ2n) is 9.35. The van der Waals surface area contributed by atoms with Crippen LogP contribution in [0, 0.1) is 5.92 Å². The van der Waals surface area contributed by atoms with Gasteiger partial charge in [-0.1, -0.05) is 45.3 Å². The van der Waals surface area contributed by atoms with Crippen LogP contribution < -0.4 is 4.90 Å². The molecule has 0 bridgehead atoms. The highest BCUT2D eigenvalue weighted by Gasteiger charge is 2.17. The largest absolute Gasteiger partial charge is 0.377 e. The molecule has 1 unspecified atom stereocenters. The van der Waals surface area contributed by atoms with E-state index in [2.05, 4.69) is 28.8 Å². The highest BCUT2D eigenvalue weighted by molar-refractivity contribution is 7.91. The Morgan fingerprint density at radius 2 is 1.54 bits per heavy atom. The lowest BCUT2D eigenvalue weighted by atomic mass is 10.2. The van der Waals surface area contributed by atoms with Gasteiger partial charge in [0.15, 0.2) is 9.84 Å². The van der Waals surface area contributed by atoms with Crippen LogP contribution in [0.2, 0.25) is 0 Å². The number of benzene rings is 2. The molecule has 0 aliphatic carbocycles. The Hall–Kier alpha value is -2.51. The molecule has 0 saturated heterocycles. The Morgan fingerprint density at radius 3 is 2.11 bits per heavy atom. The Labute approximate surface area is 212 Å². The van der Waals surface area contributed by atoms with Crippen LogP contribution in [-0.4, -0.2) is 41.0 Å². The van der Waals surface area contributed by atoms with Gasteiger partial charge in [0.1, 0.15) is 0 Å². The molecule has 6 nitrogen and oxygen atoms in total. The number of sulfone groups is 1. The van der Waals surface area contributed by atoms with Crippen LogP contribution in [0.1, 0.15) is 52.9 Å². The predicted octanol–water partition coefficient (Wildman–Crippen LogP) is 7.51. The summed E-state index contributed by atoms with van der Waals surface area (Å²) < 4.78 is 30.5. The third-order valence-corrected chi connectivity index (χ3v) is 7.85. The highest BCUT2D eigenvalue weighted by atomic mass is 32.2. The Balaban J connectivity index is 1.78. The quantitative estimate of drug-likeness (QED) is 0.136. The number of rotatable bonds is 16. The van der Waals surface area contributed by atoms with E-state index in [4.69, 9.17) is 4.74 Å². The summed E-state index contributed by atoms with van der Waals surface area (Å²) in [5.41, 5.74) is 3.59. The second kappa shape index (κ2) is 14.8. The van der Waals surface area contributed by atoms with Crippen molar-refractivity contribution in [3.63, 3.8) is 0 Å². The number of hydrogen-bond donors (Lipinski definition) is 0. The lowest BCUT2D eigenvalue weighted by molar-refractivity contribution is 0.151. The summed E-state index contributed by atoms with van der Waals surface area (Å²) in [6.45, 7) is 12.2. The van der Waals surface area contributed by atoms with Gasteiger partial charge in [-0.25, -0.2) is 8.42 Å². The van der Waals surface area contributed by atoms with Gasteiger partial charge >= 0.3 is 0 Å². The van der Waals surface area contributed by atoms with Gasteiger partial charge in [-0.15, -0.1) is 0 Å². The summed E-state index contributed by atoms with van der Waals surface area (Å²) in [6.07, 6.45) is 5.43. The standard InChI is InChI=1S/C28H41N3O3S/c1-6-24(4)22-35(32,33)28-17-13-26(14-18-28)30-29-25-11-15-27(16-12-25)31(5)19-9-7-8-10-20-34-21-23(2)3/h11-18,24H,2,6-10,19-22H2,1,3-5H3. The van der Waals surface area contributed by atoms with Crippen molar-refractivity contribution in [1.82, 2.24) is 0 Å². The molecule has 7 heteroatoms. The number of anilines is 1. The molecule has 0 spiro atoms. The molecule has 2 rings (SSSR count). The van der Waals surface area contributed by atoms with Crippen molar-refractivity contribution in [2.75, 3.05) is 37.5 Å². The fourth-order valence-corrected chi connectivity index (χ4v) is 5.21. The Morgan fingerprint density at radius 1 is 0.971 bits per heavy atom. The molecule has 0 N–H and O–H groups in total. The van der Waals surface area contributed by atoms with Gasteiger partial charge in [0, 0.05) is 25.9 Å². The molecule has 2 aromatic carbocycles. The van der Waals surface area contributed by atoms with E-state index in [9.17, 15) is 8.42 Å². The molecule has 0 saturated carbocycles. The first-order valence-electron chi connectivity index (χ1n) is 12.5. The lowest BCUT2D eigenvalue weighted by Crippen LogP contribution is -2.18. The summed E-state index contributed by atoms with van der Waals surface area (Å²) >= 11 is 0. The fraction of sp³-hybridized carbons (Fsp3) is 0.500. The van der Waals surface area contributed by atoms with Crippen molar-refractivity contribution >= 4 is 26.9 Å². The van der Waals surface area contributed by atoms with Crippen molar-refractivity contribution in [3.05, 3.63) is 60.7 Å². The molecule has 0 amide bonds.